The lowest BCUT2D eigenvalue weighted by Gasteiger charge is -2.13. The third-order valence-electron chi connectivity index (χ3n) is 4.11. The molecule has 0 amide bonds. The molecule has 0 spiro atoms. The molecular weight excluding hydrogens is 261 g/mol. The van der Waals surface area contributed by atoms with Crippen molar-refractivity contribution >= 4 is 10.8 Å². The van der Waals surface area contributed by atoms with Crippen molar-refractivity contribution in [2.75, 3.05) is 13.1 Å². The largest absolute Gasteiger partial charge is 0.317 e. The Morgan fingerprint density at radius 2 is 1.76 bits per heavy atom. The summed E-state index contributed by atoms with van der Waals surface area (Å²) in [5.74, 6) is 0.573. The number of aryl methyl sites for hydroxylation is 1. The van der Waals surface area contributed by atoms with E-state index in [4.69, 9.17) is 0 Å². The number of fused-ring (bicyclic) bond motifs is 1. The van der Waals surface area contributed by atoms with Crippen molar-refractivity contribution in [3.05, 3.63) is 47.8 Å². The summed E-state index contributed by atoms with van der Waals surface area (Å²) in [5, 5.41) is 5.26. The lowest BCUT2D eigenvalue weighted by Crippen LogP contribution is -2.18. The zero-order chi connectivity index (χ0) is 15.1. The summed E-state index contributed by atoms with van der Waals surface area (Å²) >= 11 is 0. The van der Waals surface area contributed by atoms with E-state index in [2.05, 4.69) is 19.2 Å². The number of halogens is 1. The molecule has 0 saturated heterocycles. The summed E-state index contributed by atoms with van der Waals surface area (Å²) in [5.41, 5.74) is 1.26. The highest BCUT2D eigenvalue weighted by atomic mass is 19.1. The summed E-state index contributed by atoms with van der Waals surface area (Å²) in [6.45, 7) is 6.70. The minimum absolute atomic E-state index is 0.119. The van der Waals surface area contributed by atoms with Crippen LogP contribution in [0.1, 0.15) is 38.7 Å². The van der Waals surface area contributed by atoms with Crippen LogP contribution >= 0.6 is 0 Å². The van der Waals surface area contributed by atoms with Gasteiger partial charge in [-0.15, -0.1) is 0 Å². The molecule has 0 aliphatic heterocycles. The molecule has 2 aromatic carbocycles. The van der Waals surface area contributed by atoms with Gasteiger partial charge in [-0.3, -0.25) is 0 Å². The van der Waals surface area contributed by atoms with Gasteiger partial charge in [-0.2, -0.15) is 0 Å². The van der Waals surface area contributed by atoms with E-state index < -0.39 is 0 Å². The topological polar surface area (TPSA) is 12.0 Å². The summed E-state index contributed by atoms with van der Waals surface area (Å²) in [6.07, 6.45) is 4.58. The Bertz CT molecular complexity index is 564. The van der Waals surface area contributed by atoms with Crippen molar-refractivity contribution in [2.24, 2.45) is 5.92 Å². The maximum Gasteiger partial charge on any atom is 0.131 e. The van der Waals surface area contributed by atoms with Gasteiger partial charge in [-0.1, -0.05) is 44.2 Å². The molecule has 21 heavy (non-hydrogen) atoms. The molecule has 0 saturated carbocycles. The molecule has 0 heterocycles. The van der Waals surface area contributed by atoms with Crippen LogP contribution in [0.5, 0.6) is 0 Å². The van der Waals surface area contributed by atoms with E-state index in [1.165, 1.54) is 18.4 Å². The maximum absolute atomic E-state index is 13.8. The molecule has 1 atom stereocenters. The predicted octanol–water partition coefficient (Wildman–Crippen LogP) is 4.94. The van der Waals surface area contributed by atoms with E-state index in [1.807, 2.05) is 30.3 Å². The normalized spacial score (nSPS) is 12.7. The van der Waals surface area contributed by atoms with Crippen LogP contribution in [0.4, 0.5) is 4.39 Å². The molecule has 0 bridgehead atoms. The van der Waals surface area contributed by atoms with E-state index in [1.54, 1.807) is 6.07 Å². The van der Waals surface area contributed by atoms with E-state index in [0.717, 1.165) is 36.7 Å². The average Bonchev–Trinajstić information content (AvgIpc) is 2.51. The Hall–Kier alpha value is -1.41. The summed E-state index contributed by atoms with van der Waals surface area (Å²) in [6, 6.07) is 11.3. The number of nitrogens with one attached hydrogen (secondary N) is 1. The number of rotatable bonds is 8. The molecule has 0 radical (unpaired) electrons. The smallest absolute Gasteiger partial charge is 0.131 e. The summed E-state index contributed by atoms with van der Waals surface area (Å²) in [7, 11) is 0. The zero-order valence-corrected chi connectivity index (χ0v) is 13.2. The van der Waals surface area contributed by atoms with Gasteiger partial charge in [0, 0.05) is 5.39 Å². The van der Waals surface area contributed by atoms with Gasteiger partial charge >= 0.3 is 0 Å². The molecule has 0 aliphatic carbocycles. The molecule has 2 aromatic rings. The second-order valence-electron chi connectivity index (χ2n) is 5.93. The minimum atomic E-state index is -0.119. The molecule has 0 aliphatic rings. The number of benzene rings is 2. The molecule has 1 nitrogen and oxygen atoms in total. The van der Waals surface area contributed by atoms with E-state index >= 15 is 0 Å². The van der Waals surface area contributed by atoms with Crippen molar-refractivity contribution < 1.29 is 4.39 Å². The first kappa shape index (κ1) is 16.0. The van der Waals surface area contributed by atoms with Crippen LogP contribution in [0.2, 0.25) is 0 Å². The first-order valence-corrected chi connectivity index (χ1v) is 8.09. The van der Waals surface area contributed by atoms with Gasteiger partial charge in [0.1, 0.15) is 5.82 Å². The predicted molar refractivity (Wildman–Crippen MR) is 89.2 cm³/mol. The van der Waals surface area contributed by atoms with E-state index in [-0.39, 0.29) is 5.82 Å². The Kier molecular flexibility index (Phi) is 6.19. The minimum Gasteiger partial charge on any atom is -0.317 e. The first-order valence-electron chi connectivity index (χ1n) is 8.09. The van der Waals surface area contributed by atoms with Gasteiger partial charge in [-0.05, 0) is 61.7 Å². The Labute approximate surface area is 127 Å². The van der Waals surface area contributed by atoms with Crippen molar-refractivity contribution in [3.63, 3.8) is 0 Å². The second-order valence-corrected chi connectivity index (χ2v) is 5.93. The fourth-order valence-electron chi connectivity index (χ4n) is 2.74. The van der Waals surface area contributed by atoms with Gasteiger partial charge in [0.15, 0.2) is 0 Å². The van der Waals surface area contributed by atoms with Crippen molar-refractivity contribution in [1.82, 2.24) is 5.32 Å². The van der Waals surface area contributed by atoms with Crippen LogP contribution in [-0.2, 0) is 6.42 Å². The van der Waals surface area contributed by atoms with Crippen molar-refractivity contribution in [1.29, 1.82) is 0 Å². The molecule has 0 fully saturated rings. The van der Waals surface area contributed by atoms with Crippen LogP contribution in [0.3, 0.4) is 0 Å². The molecular formula is C19H26FN. The maximum atomic E-state index is 13.8. The van der Waals surface area contributed by atoms with E-state index in [9.17, 15) is 4.39 Å². The Morgan fingerprint density at radius 3 is 2.52 bits per heavy atom. The van der Waals surface area contributed by atoms with Gasteiger partial charge in [0.05, 0.1) is 0 Å². The molecule has 1 unspecified atom stereocenters. The highest BCUT2D eigenvalue weighted by Gasteiger charge is 2.07. The van der Waals surface area contributed by atoms with Crippen LogP contribution in [0, 0.1) is 11.7 Å². The second kappa shape index (κ2) is 8.14. The Balaban J connectivity index is 1.93. The highest BCUT2D eigenvalue weighted by molar-refractivity contribution is 5.86. The quantitative estimate of drug-likeness (QED) is 0.678. The van der Waals surface area contributed by atoms with Crippen molar-refractivity contribution in [3.8, 4) is 0 Å². The first-order chi connectivity index (χ1) is 10.2. The molecule has 114 valence electrons. The lowest BCUT2D eigenvalue weighted by atomic mass is 9.95. The molecule has 2 heteroatoms. The van der Waals surface area contributed by atoms with Crippen LogP contribution in [-0.4, -0.2) is 13.1 Å². The van der Waals surface area contributed by atoms with E-state index in [0.29, 0.717) is 5.92 Å². The SMILES string of the molecule is CCCNCCC(C)CCc1ccc(F)c2ccccc12. The zero-order valence-electron chi connectivity index (χ0n) is 13.2. The molecule has 1 N–H and O–H groups in total. The lowest BCUT2D eigenvalue weighted by molar-refractivity contribution is 0.470. The average molecular weight is 287 g/mol. The monoisotopic (exact) mass is 287 g/mol. The molecule has 0 aromatic heterocycles. The summed E-state index contributed by atoms with van der Waals surface area (Å²) in [4.78, 5) is 0. The van der Waals surface area contributed by atoms with Crippen LogP contribution in [0.25, 0.3) is 10.8 Å². The fraction of sp³-hybridized carbons (Fsp3) is 0.474. The van der Waals surface area contributed by atoms with Crippen molar-refractivity contribution in [2.45, 2.75) is 39.5 Å². The standard InChI is InChI=1S/C19H26FN/c1-3-13-21-14-12-15(2)8-9-16-10-11-19(20)18-7-5-4-6-17(16)18/h4-7,10-11,15,21H,3,8-9,12-14H2,1-2H3. The van der Waals surface area contributed by atoms with Gasteiger partial charge < -0.3 is 5.32 Å². The van der Waals surface area contributed by atoms with Gasteiger partial charge in [-0.25, -0.2) is 4.39 Å². The van der Waals surface area contributed by atoms with Crippen LogP contribution in [0.15, 0.2) is 36.4 Å². The van der Waals surface area contributed by atoms with Gasteiger partial charge in [0.2, 0.25) is 0 Å². The Morgan fingerprint density at radius 1 is 1.00 bits per heavy atom. The number of hydrogen-bond donors (Lipinski definition) is 1. The van der Waals surface area contributed by atoms with Crippen LogP contribution < -0.4 is 5.32 Å². The van der Waals surface area contributed by atoms with Gasteiger partial charge in [0.25, 0.3) is 0 Å². The third kappa shape index (κ3) is 4.53. The summed E-state index contributed by atoms with van der Waals surface area (Å²) < 4.78 is 13.8. The highest BCUT2D eigenvalue weighted by Crippen LogP contribution is 2.24. The molecule has 2 rings (SSSR count). The fourth-order valence-corrected chi connectivity index (χ4v) is 2.74. The third-order valence-corrected chi connectivity index (χ3v) is 4.11. The number of hydrogen-bond acceptors (Lipinski definition) is 1.